The van der Waals surface area contributed by atoms with E-state index in [9.17, 15) is 9.59 Å². The number of hydrogen-bond acceptors (Lipinski definition) is 4. The van der Waals surface area contributed by atoms with Gasteiger partial charge in [0, 0.05) is 37.3 Å². The highest BCUT2D eigenvalue weighted by Gasteiger charge is 2.54. The van der Waals surface area contributed by atoms with Gasteiger partial charge in [-0.05, 0) is 43.3 Å². The summed E-state index contributed by atoms with van der Waals surface area (Å²) in [4.78, 5) is 27.3. The maximum atomic E-state index is 12.6. The van der Waals surface area contributed by atoms with Crippen LogP contribution in [-0.2, 0) is 13.0 Å². The molecule has 2 aliphatic heterocycles. The summed E-state index contributed by atoms with van der Waals surface area (Å²) >= 11 is 0. The highest BCUT2D eigenvalue weighted by Crippen LogP contribution is 2.52. The molecule has 1 amide bonds. The number of hydrogen-bond donors (Lipinski definition) is 4. The Balaban J connectivity index is 1.54. The van der Waals surface area contributed by atoms with Crippen molar-refractivity contribution in [2.24, 2.45) is 5.41 Å². The number of amides is 1. The van der Waals surface area contributed by atoms with Crippen LogP contribution in [0.15, 0.2) is 10.9 Å². The Bertz CT molecular complexity index is 661. The van der Waals surface area contributed by atoms with E-state index in [4.69, 9.17) is 0 Å². The van der Waals surface area contributed by atoms with Gasteiger partial charge in [0.2, 0.25) is 5.56 Å². The average molecular weight is 302 g/mol. The van der Waals surface area contributed by atoms with Gasteiger partial charge in [-0.1, -0.05) is 0 Å². The van der Waals surface area contributed by atoms with E-state index in [2.05, 4.69) is 20.9 Å². The van der Waals surface area contributed by atoms with Gasteiger partial charge in [0.1, 0.15) is 0 Å². The Morgan fingerprint density at radius 3 is 2.86 bits per heavy atom. The van der Waals surface area contributed by atoms with Gasteiger partial charge in [-0.3, -0.25) is 9.59 Å². The van der Waals surface area contributed by atoms with Crippen molar-refractivity contribution in [1.82, 2.24) is 20.9 Å². The standard InChI is InChI=1S/C16H22N4O2/c21-14-7-10(11-9-18-4-1-12(11)19-14)15(22)20-13-8-16(13)2-5-17-6-3-16/h7,13,17-18H,1-6,8-9H2,(H,19,21)(H,20,22). The third-order valence-electron chi connectivity index (χ3n) is 5.43. The minimum Gasteiger partial charge on any atom is -0.349 e. The summed E-state index contributed by atoms with van der Waals surface area (Å²) in [6, 6.07) is 1.71. The van der Waals surface area contributed by atoms with E-state index in [0.717, 1.165) is 56.6 Å². The minimum atomic E-state index is -0.182. The van der Waals surface area contributed by atoms with E-state index in [0.29, 0.717) is 17.5 Å². The van der Waals surface area contributed by atoms with Gasteiger partial charge in [0.05, 0.1) is 5.56 Å². The highest BCUT2D eigenvalue weighted by molar-refractivity contribution is 5.96. The second kappa shape index (κ2) is 5.21. The molecular weight excluding hydrogens is 280 g/mol. The SMILES string of the molecule is O=C(NC1CC12CCNCC2)c1cc(=O)[nH]c2c1CNCC2. The maximum Gasteiger partial charge on any atom is 0.252 e. The molecule has 1 unspecified atom stereocenters. The Labute approximate surface area is 129 Å². The highest BCUT2D eigenvalue weighted by atomic mass is 16.2. The smallest absolute Gasteiger partial charge is 0.252 e. The van der Waals surface area contributed by atoms with Crippen LogP contribution >= 0.6 is 0 Å². The largest absolute Gasteiger partial charge is 0.349 e. The van der Waals surface area contributed by atoms with Crippen LogP contribution in [0.4, 0.5) is 0 Å². The quantitative estimate of drug-likeness (QED) is 0.614. The lowest BCUT2D eigenvalue weighted by molar-refractivity contribution is 0.0941. The Morgan fingerprint density at radius 2 is 2.05 bits per heavy atom. The number of aromatic amines is 1. The van der Waals surface area contributed by atoms with E-state index >= 15 is 0 Å². The van der Waals surface area contributed by atoms with Crippen LogP contribution in [0.2, 0.25) is 0 Å². The van der Waals surface area contributed by atoms with Crippen LogP contribution in [0.3, 0.4) is 0 Å². The van der Waals surface area contributed by atoms with Gasteiger partial charge in [-0.25, -0.2) is 0 Å². The van der Waals surface area contributed by atoms with Gasteiger partial charge < -0.3 is 20.9 Å². The van der Waals surface area contributed by atoms with Crippen molar-refractivity contribution in [1.29, 1.82) is 0 Å². The van der Waals surface area contributed by atoms with Crippen molar-refractivity contribution in [2.75, 3.05) is 19.6 Å². The molecule has 1 aromatic rings. The molecule has 4 rings (SSSR count). The maximum absolute atomic E-state index is 12.6. The predicted molar refractivity (Wildman–Crippen MR) is 82.9 cm³/mol. The van der Waals surface area contributed by atoms with Crippen LogP contribution in [0, 0.1) is 5.41 Å². The molecule has 0 aromatic carbocycles. The fraction of sp³-hybridized carbons (Fsp3) is 0.625. The number of piperidine rings is 1. The van der Waals surface area contributed by atoms with Crippen LogP contribution in [0.25, 0.3) is 0 Å². The molecule has 1 aromatic heterocycles. The van der Waals surface area contributed by atoms with Crippen molar-refractivity contribution in [3.63, 3.8) is 0 Å². The molecule has 0 bridgehead atoms. The van der Waals surface area contributed by atoms with Gasteiger partial charge in [-0.15, -0.1) is 0 Å². The summed E-state index contributed by atoms with van der Waals surface area (Å²) < 4.78 is 0. The first-order valence-electron chi connectivity index (χ1n) is 8.15. The molecule has 1 saturated carbocycles. The number of carbonyl (C=O) groups is 1. The molecule has 4 N–H and O–H groups in total. The molecule has 1 aliphatic carbocycles. The van der Waals surface area contributed by atoms with Crippen molar-refractivity contribution in [3.8, 4) is 0 Å². The van der Waals surface area contributed by atoms with Crippen molar-refractivity contribution in [2.45, 2.75) is 38.3 Å². The van der Waals surface area contributed by atoms with E-state index in [1.165, 1.54) is 6.07 Å². The minimum absolute atomic E-state index is 0.0912. The number of rotatable bonds is 2. The van der Waals surface area contributed by atoms with Crippen LogP contribution in [0.1, 0.15) is 40.9 Å². The van der Waals surface area contributed by atoms with Gasteiger partial charge in [0.15, 0.2) is 0 Å². The summed E-state index contributed by atoms with van der Waals surface area (Å²) in [6.07, 6.45) is 4.11. The fourth-order valence-electron chi connectivity index (χ4n) is 3.95. The topological polar surface area (TPSA) is 86.0 Å². The number of nitrogens with one attached hydrogen (secondary N) is 4. The van der Waals surface area contributed by atoms with Gasteiger partial charge >= 0.3 is 0 Å². The Morgan fingerprint density at radius 1 is 1.23 bits per heavy atom. The molecule has 1 atom stereocenters. The van der Waals surface area contributed by atoms with Gasteiger partial charge in [0.25, 0.3) is 5.91 Å². The molecule has 1 saturated heterocycles. The number of carbonyl (C=O) groups excluding carboxylic acids is 1. The molecule has 22 heavy (non-hydrogen) atoms. The zero-order valence-corrected chi connectivity index (χ0v) is 12.6. The number of H-pyrrole nitrogens is 1. The fourth-order valence-corrected chi connectivity index (χ4v) is 3.95. The summed E-state index contributed by atoms with van der Waals surface area (Å²) in [7, 11) is 0. The normalized spacial score (nSPS) is 25.5. The lowest BCUT2D eigenvalue weighted by atomic mass is 9.93. The average Bonchev–Trinajstić information content (AvgIpc) is 3.17. The molecule has 6 heteroatoms. The molecule has 2 fully saturated rings. The second-order valence-electron chi connectivity index (χ2n) is 6.77. The molecule has 1 spiro atoms. The Kier molecular flexibility index (Phi) is 3.31. The number of aromatic nitrogens is 1. The summed E-state index contributed by atoms with van der Waals surface area (Å²) in [5.74, 6) is -0.0912. The molecule has 6 nitrogen and oxygen atoms in total. The van der Waals surface area contributed by atoms with Crippen LogP contribution in [0.5, 0.6) is 0 Å². The number of fused-ring (bicyclic) bond motifs is 1. The molecule has 3 aliphatic rings. The van der Waals surface area contributed by atoms with Crippen molar-refractivity contribution in [3.05, 3.63) is 33.2 Å². The van der Waals surface area contributed by atoms with E-state index in [1.54, 1.807) is 0 Å². The summed E-state index contributed by atoms with van der Waals surface area (Å²) in [6.45, 7) is 3.56. The van der Waals surface area contributed by atoms with E-state index in [-0.39, 0.29) is 17.5 Å². The van der Waals surface area contributed by atoms with Crippen LogP contribution < -0.4 is 21.5 Å². The Hall–Kier alpha value is -1.66. The van der Waals surface area contributed by atoms with Gasteiger partial charge in [-0.2, -0.15) is 0 Å². The van der Waals surface area contributed by atoms with E-state index in [1.807, 2.05) is 0 Å². The lowest BCUT2D eigenvalue weighted by Gasteiger charge is -2.24. The lowest BCUT2D eigenvalue weighted by Crippen LogP contribution is -2.37. The molecule has 3 heterocycles. The molecular formula is C16H22N4O2. The third kappa shape index (κ3) is 2.36. The molecule has 118 valence electrons. The van der Waals surface area contributed by atoms with Crippen molar-refractivity contribution < 1.29 is 4.79 Å². The first kappa shape index (κ1) is 14.0. The predicted octanol–water partition coefficient (Wildman–Crippen LogP) is -0.107. The summed E-state index contributed by atoms with van der Waals surface area (Å²) in [5, 5.41) is 9.80. The zero-order chi connectivity index (χ0) is 15.2. The molecule has 0 radical (unpaired) electrons. The van der Waals surface area contributed by atoms with Crippen LogP contribution in [-0.4, -0.2) is 36.6 Å². The number of pyridine rings is 1. The monoisotopic (exact) mass is 302 g/mol. The van der Waals surface area contributed by atoms with E-state index < -0.39 is 0 Å². The first-order valence-corrected chi connectivity index (χ1v) is 8.15. The third-order valence-corrected chi connectivity index (χ3v) is 5.43. The zero-order valence-electron chi connectivity index (χ0n) is 12.6. The first-order chi connectivity index (χ1) is 10.7. The summed E-state index contributed by atoms with van der Waals surface area (Å²) in [5.41, 5.74) is 2.52. The van der Waals surface area contributed by atoms with Crippen molar-refractivity contribution >= 4 is 5.91 Å². The second-order valence-corrected chi connectivity index (χ2v) is 6.77.